The first-order valence-electron chi connectivity index (χ1n) is 33.9. The highest BCUT2D eigenvalue weighted by Crippen LogP contribution is 2.54. The molecule has 0 saturated carbocycles. The molecule has 0 bridgehead atoms. The molecule has 0 amide bonds. The first kappa shape index (κ1) is 74.0. The number of hydrogen-bond acceptors (Lipinski definition) is 5. The molecule has 8 nitrogen and oxygen atoms in total. The standard InChI is InChI=1S/C68H130O8/c1-5-8-11-14-17-20-23-26-29-32-35-38-41-44-47-50-53-56-59-66(63(70)71,60-57-54-51-48-45-42-39-36-33-30-27-24-21-18-15-12-9-6-2)68(76,65(74)75)67(62(4)69,64(72)73)61-58-55-52-49-46-43-40-37-34-31-28-25-22-19-16-13-10-7-3/h76H,5-61H2,1-4H3,(H,70,71)(H,72,73)(H,74,75). The van der Waals surface area contributed by atoms with Gasteiger partial charge in [0.1, 0.15) is 5.41 Å². The highest BCUT2D eigenvalue weighted by molar-refractivity contribution is 6.10. The van der Waals surface area contributed by atoms with Gasteiger partial charge >= 0.3 is 17.9 Å². The monoisotopic (exact) mass is 1070 g/mol. The van der Waals surface area contributed by atoms with Gasteiger partial charge in [-0.25, -0.2) is 4.79 Å². The normalized spacial score (nSPS) is 13.5. The highest BCUT2D eigenvalue weighted by atomic mass is 16.4. The minimum atomic E-state index is -3.33. The smallest absolute Gasteiger partial charge is 0.338 e. The lowest BCUT2D eigenvalue weighted by Crippen LogP contribution is -2.71. The van der Waals surface area contributed by atoms with Crippen molar-refractivity contribution < 1.29 is 39.6 Å². The molecule has 0 fully saturated rings. The van der Waals surface area contributed by atoms with Gasteiger partial charge in [-0.3, -0.25) is 14.4 Å². The van der Waals surface area contributed by atoms with Crippen LogP contribution in [0.3, 0.4) is 0 Å². The van der Waals surface area contributed by atoms with Crippen molar-refractivity contribution in [2.45, 2.75) is 399 Å². The number of rotatable bonds is 63. The summed E-state index contributed by atoms with van der Waals surface area (Å²) in [6.45, 7) is 7.82. The SMILES string of the molecule is CCCCCCCCCCCCCCCCCCCCC(CCCCCCCCCCCCCCCCCCCC)(C(=O)O)C(O)(C(=O)O)C(CCCCCCCCCCCCCCCCCCCC)(C(C)=O)C(=O)O. The molecule has 0 aliphatic carbocycles. The number of carboxylic acid groups (broad SMARTS) is 3. The summed E-state index contributed by atoms with van der Waals surface area (Å²) in [7, 11) is 0. The van der Waals surface area contributed by atoms with Gasteiger partial charge in [0.15, 0.2) is 11.2 Å². The Morgan fingerprint density at radius 3 is 0.566 bits per heavy atom. The maximum Gasteiger partial charge on any atom is 0.338 e. The third-order valence-electron chi connectivity index (χ3n) is 17.8. The number of carboxylic acids is 3. The van der Waals surface area contributed by atoms with Crippen molar-refractivity contribution in [1.82, 2.24) is 0 Å². The molecule has 0 aromatic heterocycles. The summed E-state index contributed by atoms with van der Waals surface area (Å²) in [6.07, 6.45) is 61.8. The lowest BCUT2D eigenvalue weighted by atomic mass is 9.52. The average Bonchev–Trinajstić information content (AvgIpc) is 3.39. The van der Waals surface area contributed by atoms with Crippen LogP contribution in [0.25, 0.3) is 0 Å². The lowest BCUT2D eigenvalue weighted by molar-refractivity contribution is -0.223. The number of unbranched alkanes of at least 4 members (excludes halogenated alkanes) is 51. The molecule has 0 heterocycles. The van der Waals surface area contributed by atoms with E-state index in [1.807, 2.05) is 0 Å². The van der Waals surface area contributed by atoms with Crippen LogP contribution in [0, 0.1) is 10.8 Å². The third kappa shape index (κ3) is 34.2. The van der Waals surface area contributed by atoms with Gasteiger partial charge in [-0.15, -0.1) is 0 Å². The van der Waals surface area contributed by atoms with Crippen molar-refractivity contribution in [3.63, 3.8) is 0 Å². The van der Waals surface area contributed by atoms with Crippen molar-refractivity contribution in [1.29, 1.82) is 0 Å². The molecule has 0 saturated heterocycles. The number of carbonyl (C=O) groups is 4. The van der Waals surface area contributed by atoms with Crippen molar-refractivity contribution in [2.75, 3.05) is 0 Å². The largest absolute Gasteiger partial charge is 0.481 e. The number of Topliss-reactive ketones (excluding diaryl/α,β-unsaturated/α-hetero) is 1. The summed E-state index contributed by atoms with van der Waals surface area (Å²) in [5.41, 5.74) is -8.47. The second kappa shape index (κ2) is 52.4. The Bertz CT molecular complexity index is 1280. The van der Waals surface area contributed by atoms with Gasteiger partial charge in [-0.05, 0) is 26.2 Å². The van der Waals surface area contributed by atoms with Crippen LogP contribution in [0.5, 0.6) is 0 Å². The van der Waals surface area contributed by atoms with E-state index in [1.165, 1.54) is 231 Å². The molecule has 450 valence electrons. The van der Waals surface area contributed by atoms with Crippen LogP contribution in [0.1, 0.15) is 394 Å². The zero-order valence-corrected chi connectivity index (χ0v) is 51.2. The van der Waals surface area contributed by atoms with Crippen LogP contribution < -0.4 is 0 Å². The van der Waals surface area contributed by atoms with Gasteiger partial charge in [0, 0.05) is 0 Å². The van der Waals surface area contributed by atoms with E-state index in [4.69, 9.17) is 0 Å². The van der Waals surface area contributed by atoms with E-state index < -0.39 is 46.5 Å². The Labute approximate surface area is 471 Å². The zero-order chi connectivity index (χ0) is 56.1. The maximum atomic E-state index is 13.8. The highest BCUT2D eigenvalue weighted by Gasteiger charge is 2.74. The van der Waals surface area contributed by atoms with Crippen molar-refractivity contribution in [3.05, 3.63) is 0 Å². The van der Waals surface area contributed by atoms with Gasteiger partial charge in [0.2, 0.25) is 5.60 Å². The maximum absolute atomic E-state index is 13.8. The Balaban J connectivity index is 5.45. The second-order valence-electron chi connectivity index (χ2n) is 24.5. The summed E-state index contributed by atoms with van der Waals surface area (Å²) in [5, 5.41) is 46.1. The molecule has 0 rings (SSSR count). The fraction of sp³-hybridized carbons (Fsp3) is 0.941. The van der Waals surface area contributed by atoms with Crippen LogP contribution in [0.4, 0.5) is 0 Å². The summed E-state index contributed by atoms with van der Waals surface area (Å²) in [5.74, 6) is -6.16. The van der Waals surface area contributed by atoms with E-state index in [0.717, 1.165) is 84.0 Å². The molecule has 0 spiro atoms. The quantitative estimate of drug-likeness (QED) is 0.0347. The van der Waals surface area contributed by atoms with Crippen molar-refractivity contribution >= 4 is 23.7 Å². The van der Waals surface area contributed by atoms with Gasteiger partial charge in [-0.1, -0.05) is 367 Å². The van der Waals surface area contributed by atoms with Crippen molar-refractivity contribution in [3.8, 4) is 0 Å². The van der Waals surface area contributed by atoms with Gasteiger partial charge in [0.05, 0.1) is 0 Å². The molecule has 0 aliphatic heterocycles. The topological polar surface area (TPSA) is 149 Å². The number of aliphatic carboxylic acids is 3. The fourth-order valence-corrected chi connectivity index (χ4v) is 12.6. The predicted octanol–water partition coefficient (Wildman–Crippen LogP) is 21.8. The van der Waals surface area contributed by atoms with E-state index in [9.17, 15) is 39.6 Å². The molecular formula is C68H130O8. The average molecular weight is 1080 g/mol. The summed E-state index contributed by atoms with van der Waals surface area (Å²) < 4.78 is 0. The molecule has 8 heteroatoms. The Kier molecular flexibility index (Phi) is 51.1. The van der Waals surface area contributed by atoms with Crippen LogP contribution in [0.2, 0.25) is 0 Å². The van der Waals surface area contributed by atoms with Crippen LogP contribution >= 0.6 is 0 Å². The van der Waals surface area contributed by atoms with Gasteiger partial charge in [-0.2, -0.15) is 0 Å². The first-order valence-corrected chi connectivity index (χ1v) is 33.9. The molecule has 0 aromatic rings. The second-order valence-corrected chi connectivity index (χ2v) is 24.5. The fourth-order valence-electron chi connectivity index (χ4n) is 12.6. The molecule has 0 aromatic carbocycles. The molecular weight excluding hydrogens is 945 g/mol. The van der Waals surface area contributed by atoms with E-state index in [1.54, 1.807) is 0 Å². The molecule has 0 radical (unpaired) electrons. The van der Waals surface area contributed by atoms with Gasteiger partial charge in [0.25, 0.3) is 0 Å². The minimum absolute atomic E-state index is 0.190. The Hall–Kier alpha value is -1.96. The van der Waals surface area contributed by atoms with E-state index >= 15 is 0 Å². The van der Waals surface area contributed by atoms with Crippen LogP contribution in [-0.2, 0) is 19.2 Å². The molecule has 2 unspecified atom stereocenters. The van der Waals surface area contributed by atoms with E-state index in [2.05, 4.69) is 20.8 Å². The van der Waals surface area contributed by atoms with Crippen LogP contribution in [0.15, 0.2) is 0 Å². The predicted molar refractivity (Wildman–Crippen MR) is 324 cm³/mol. The third-order valence-corrected chi connectivity index (χ3v) is 17.8. The lowest BCUT2D eigenvalue weighted by Gasteiger charge is -2.50. The number of aliphatic hydroxyl groups is 1. The summed E-state index contributed by atoms with van der Waals surface area (Å²) in [6, 6.07) is 0. The first-order chi connectivity index (χ1) is 37.0. The van der Waals surface area contributed by atoms with Gasteiger partial charge < -0.3 is 20.4 Å². The number of ketones is 1. The summed E-state index contributed by atoms with van der Waals surface area (Å²) >= 11 is 0. The zero-order valence-electron chi connectivity index (χ0n) is 51.2. The molecule has 0 aliphatic rings. The number of hydrogen-bond donors (Lipinski definition) is 4. The molecule has 4 N–H and O–H groups in total. The van der Waals surface area contributed by atoms with E-state index in [-0.39, 0.29) is 19.3 Å². The summed E-state index contributed by atoms with van der Waals surface area (Å²) in [4.78, 5) is 54.9. The Morgan fingerprint density at radius 2 is 0.421 bits per heavy atom. The van der Waals surface area contributed by atoms with Crippen molar-refractivity contribution in [2.24, 2.45) is 10.8 Å². The Morgan fingerprint density at radius 1 is 0.250 bits per heavy atom. The molecule has 76 heavy (non-hydrogen) atoms. The molecule has 2 atom stereocenters. The van der Waals surface area contributed by atoms with Crippen LogP contribution in [-0.4, -0.2) is 49.7 Å². The minimum Gasteiger partial charge on any atom is -0.481 e. The van der Waals surface area contributed by atoms with E-state index in [0.29, 0.717) is 32.1 Å². The number of carbonyl (C=O) groups excluding carboxylic acids is 1.